The summed E-state index contributed by atoms with van der Waals surface area (Å²) in [5.74, 6) is -0.0685. The quantitative estimate of drug-likeness (QED) is 0.490. The van der Waals surface area contributed by atoms with Crippen molar-refractivity contribution in [2.45, 2.75) is 17.2 Å². The van der Waals surface area contributed by atoms with Crippen LogP contribution in [0, 0.1) is 0 Å². The number of rotatable bonds is 6. The summed E-state index contributed by atoms with van der Waals surface area (Å²) in [5.41, 5.74) is 2.77. The number of hydrogen-bond donors (Lipinski definition) is 2. The van der Waals surface area contributed by atoms with E-state index in [-0.39, 0.29) is 9.77 Å². The lowest BCUT2D eigenvalue weighted by molar-refractivity contribution is 0.102. The Kier molecular flexibility index (Phi) is 5.14. The summed E-state index contributed by atoms with van der Waals surface area (Å²) in [4.78, 5) is 21.5. The molecule has 0 atom stereocenters. The number of aromatic nitrogens is 3. The van der Waals surface area contributed by atoms with Crippen molar-refractivity contribution in [1.82, 2.24) is 14.5 Å². The molecule has 4 rings (SSSR count). The number of carbonyl (C=O) groups is 1. The number of fused-ring (bicyclic) bond motifs is 1. The van der Waals surface area contributed by atoms with Crippen LogP contribution in [0.15, 0.2) is 64.3 Å². The van der Waals surface area contributed by atoms with Gasteiger partial charge in [0.05, 0.1) is 16.6 Å². The topological polar surface area (TPSA) is 120 Å². The molecule has 4 aromatic rings. The average molecular weight is 428 g/mol. The highest BCUT2D eigenvalue weighted by Crippen LogP contribution is 2.23. The number of nitrogens with two attached hydrogens (primary N) is 1. The Morgan fingerprint density at radius 1 is 1.17 bits per heavy atom. The second-order valence-electron chi connectivity index (χ2n) is 6.30. The highest BCUT2D eigenvalue weighted by atomic mass is 32.2. The Labute approximate surface area is 171 Å². The number of primary sulfonamides is 1. The van der Waals surface area contributed by atoms with Crippen LogP contribution in [-0.2, 0) is 23.0 Å². The molecule has 0 saturated heterocycles. The standard InChI is InChI=1S/C19H17N5O3S2/c20-29(26,27)17-11-13(12-28-17)18(25)23-19-22-15-6-1-2-7-16(15)24(19)10-8-14-5-3-4-9-21-14/h1-7,9,11-12H,8,10H2,(H2,20,26,27)(H,22,23,25). The van der Waals surface area contributed by atoms with E-state index >= 15 is 0 Å². The molecule has 0 aliphatic heterocycles. The molecule has 0 fully saturated rings. The average Bonchev–Trinajstić information content (AvgIpc) is 3.32. The van der Waals surface area contributed by atoms with Crippen LogP contribution in [0.5, 0.6) is 0 Å². The maximum Gasteiger partial charge on any atom is 0.258 e. The predicted molar refractivity (Wildman–Crippen MR) is 111 cm³/mol. The Bertz CT molecular complexity index is 1280. The summed E-state index contributed by atoms with van der Waals surface area (Å²) >= 11 is 0.903. The first-order valence-electron chi connectivity index (χ1n) is 8.70. The van der Waals surface area contributed by atoms with Crippen LogP contribution in [0.25, 0.3) is 11.0 Å². The number of para-hydroxylation sites is 2. The van der Waals surface area contributed by atoms with E-state index in [1.165, 1.54) is 11.4 Å². The first-order valence-corrected chi connectivity index (χ1v) is 11.1. The summed E-state index contributed by atoms with van der Waals surface area (Å²) in [5, 5.41) is 9.36. The van der Waals surface area contributed by atoms with Crippen molar-refractivity contribution >= 4 is 44.2 Å². The molecule has 0 aliphatic rings. The number of aryl methyl sites for hydroxylation is 2. The van der Waals surface area contributed by atoms with Gasteiger partial charge < -0.3 is 4.57 Å². The first-order chi connectivity index (χ1) is 13.9. The zero-order valence-corrected chi connectivity index (χ0v) is 16.8. The maximum absolute atomic E-state index is 12.7. The van der Waals surface area contributed by atoms with E-state index in [2.05, 4.69) is 15.3 Å². The van der Waals surface area contributed by atoms with Crippen LogP contribution in [0.2, 0.25) is 0 Å². The number of sulfonamides is 1. The number of imidazole rings is 1. The van der Waals surface area contributed by atoms with Gasteiger partial charge in [0.15, 0.2) is 0 Å². The smallest absolute Gasteiger partial charge is 0.258 e. The third-order valence-corrected chi connectivity index (χ3v) is 6.70. The molecule has 29 heavy (non-hydrogen) atoms. The van der Waals surface area contributed by atoms with Crippen molar-refractivity contribution in [2.24, 2.45) is 5.14 Å². The lowest BCUT2D eigenvalue weighted by atomic mass is 10.2. The molecule has 0 aliphatic carbocycles. The molecule has 8 nitrogen and oxygen atoms in total. The number of pyridine rings is 1. The van der Waals surface area contributed by atoms with Gasteiger partial charge in [-0.25, -0.2) is 18.5 Å². The molecule has 0 saturated carbocycles. The van der Waals surface area contributed by atoms with Gasteiger partial charge in [-0.3, -0.25) is 15.1 Å². The van der Waals surface area contributed by atoms with E-state index in [1.54, 1.807) is 6.20 Å². The van der Waals surface area contributed by atoms with Gasteiger partial charge in [-0.1, -0.05) is 18.2 Å². The van der Waals surface area contributed by atoms with Crippen LogP contribution >= 0.6 is 11.3 Å². The largest absolute Gasteiger partial charge is 0.310 e. The SMILES string of the molecule is NS(=O)(=O)c1cc(C(=O)Nc2nc3ccccc3n2CCc2ccccn2)cs1. The first kappa shape index (κ1) is 19.2. The molecule has 3 heterocycles. The lowest BCUT2D eigenvalue weighted by Gasteiger charge is -2.09. The molecule has 3 N–H and O–H groups in total. The van der Waals surface area contributed by atoms with Gasteiger partial charge in [0.1, 0.15) is 4.21 Å². The van der Waals surface area contributed by atoms with Gasteiger partial charge in [0.2, 0.25) is 16.0 Å². The van der Waals surface area contributed by atoms with Crippen molar-refractivity contribution in [3.05, 3.63) is 71.4 Å². The maximum atomic E-state index is 12.7. The van der Waals surface area contributed by atoms with Crippen LogP contribution in [0.1, 0.15) is 16.1 Å². The van der Waals surface area contributed by atoms with Crippen molar-refractivity contribution in [2.75, 3.05) is 5.32 Å². The number of nitrogens with zero attached hydrogens (tertiary/aromatic N) is 3. The van der Waals surface area contributed by atoms with Crippen molar-refractivity contribution < 1.29 is 13.2 Å². The molecule has 0 spiro atoms. The molecule has 3 aromatic heterocycles. The van der Waals surface area contributed by atoms with Crippen molar-refractivity contribution in [1.29, 1.82) is 0 Å². The highest BCUT2D eigenvalue weighted by Gasteiger charge is 2.18. The predicted octanol–water partition coefficient (Wildman–Crippen LogP) is 2.64. The molecule has 0 radical (unpaired) electrons. The zero-order chi connectivity index (χ0) is 20.4. The van der Waals surface area contributed by atoms with Gasteiger partial charge in [0.25, 0.3) is 5.91 Å². The number of amides is 1. The number of thiophene rings is 1. The van der Waals surface area contributed by atoms with Gasteiger partial charge >= 0.3 is 0 Å². The molecule has 148 valence electrons. The fourth-order valence-electron chi connectivity index (χ4n) is 2.93. The second-order valence-corrected chi connectivity index (χ2v) is 9.00. The van der Waals surface area contributed by atoms with Crippen molar-refractivity contribution in [3.63, 3.8) is 0 Å². The van der Waals surface area contributed by atoms with Crippen molar-refractivity contribution in [3.8, 4) is 0 Å². The van der Waals surface area contributed by atoms with Gasteiger partial charge in [-0.2, -0.15) is 0 Å². The molecular formula is C19H17N5O3S2. The minimum atomic E-state index is -3.85. The van der Waals surface area contributed by atoms with E-state index in [9.17, 15) is 13.2 Å². The Balaban J connectivity index is 1.62. The second kappa shape index (κ2) is 7.74. The number of nitrogens with one attached hydrogen (secondary N) is 1. The minimum Gasteiger partial charge on any atom is -0.310 e. The Hall–Kier alpha value is -3.08. The number of benzene rings is 1. The van der Waals surface area contributed by atoms with E-state index < -0.39 is 15.9 Å². The Morgan fingerprint density at radius 2 is 1.97 bits per heavy atom. The molecule has 10 heteroatoms. The van der Waals surface area contributed by atoms with E-state index in [4.69, 9.17) is 5.14 Å². The fraction of sp³-hybridized carbons (Fsp3) is 0.105. The van der Waals surface area contributed by atoms with E-state index in [0.29, 0.717) is 18.9 Å². The normalized spacial score (nSPS) is 11.6. The monoisotopic (exact) mass is 427 g/mol. The number of hydrogen-bond acceptors (Lipinski definition) is 6. The molecule has 0 unspecified atom stereocenters. The third-order valence-electron chi connectivity index (χ3n) is 4.32. The third kappa shape index (κ3) is 4.19. The highest BCUT2D eigenvalue weighted by molar-refractivity contribution is 7.91. The van der Waals surface area contributed by atoms with Crippen LogP contribution in [0.3, 0.4) is 0 Å². The number of anilines is 1. The van der Waals surface area contributed by atoms with Crippen LogP contribution < -0.4 is 10.5 Å². The summed E-state index contributed by atoms with van der Waals surface area (Å²) in [6, 6.07) is 14.6. The fourth-order valence-corrected chi connectivity index (χ4v) is 4.51. The molecule has 0 bridgehead atoms. The van der Waals surface area contributed by atoms with E-state index in [0.717, 1.165) is 28.1 Å². The van der Waals surface area contributed by atoms with E-state index in [1.807, 2.05) is 47.0 Å². The summed E-state index contributed by atoms with van der Waals surface area (Å²) in [7, 11) is -3.85. The van der Waals surface area contributed by atoms with Crippen LogP contribution in [-0.4, -0.2) is 28.9 Å². The zero-order valence-electron chi connectivity index (χ0n) is 15.1. The number of carbonyl (C=O) groups excluding carboxylic acids is 1. The van der Waals surface area contributed by atoms with Gasteiger partial charge in [0, 0.05) is 30.2 Å². The molecule has 1 aromatic carbocycles. The van der Waals surface area contributed by atoms with Crippen LogP contribution in [0.4, 0.5) is 5.95 Å². The summed E-state index contributed by atoms with van der Waals surface area (Å²) in [6.07, 6.45) is 2.40. The summed E-state index contributed by atoms with van der Waals surface area (Å²) < 4.78 is 24.8. The molecular weight excluding hydrogens is 410 g/mol. The lowest BCUT2D eigenvalue weighted by Crippen LogP contribution is -2.16. The minimum absolute atomic E-state index is 0.0636. The summed E-state index contributed by atoms with van der Waals surface area (Å²) in [6.45, 7) is 0.569. The van der Waals surface area contributed by atoms with Gasteiger partial charge in [-0.15, -0.1) is 11.3 Å². The Morgan fingerprint density at radius 3 is 2.69 bits per heavy atom. The van der Waals surface area contributed by atoms with Gasteiger partial charge in [-0.05, 0) is 30.3 Å². The molecule has 1 amide bonds.